The highest BCUT2D eigenvalue weighted by atomic mass is 32.1. The van der Waals surface area contributed by atoms with Gasteiger partial charge in [0.1, 0.15) is 0 Å². The number of methoxy groups -OCH3 is 1. The fraction of sp³-hybridized carbons (Fsp3) is 0.786. The van der Waals surface area contributed by atoms with Crippen molar-refractivity contribution in [1.29, 1.82) is 0 Å². The van der Waals surface area contributed by atoms with Gasteiger partial charge in [-0.25, -0.2) is 0 Å². The topological polar surface area (TPSA) is 72.6 Å². The number of nitrogens with two attached hydrogens (primary N) is 1. The van der Waals surface area contributed by atoms with Crippen LogP contribution in [0.3, 0.4) is 0 Å². The first-order valence-corrected chi connectivity index (χ1v) is 7.38. The summed E-state index contributed by atoms with van der Waals surface area (Å²) in [7, 11) is 3.00. The van der Waals surface area contributed by atoms with Gasteiger partial charge in [0.2, 0.25) is 5.91 Å². The molecule has 0 aromatic rings. The van der Waals surface area contributed by atoms with Crippen LogP contribution >= 0.6 is 12.2 Å². The smallest absolute Gasteiger partial charge is 0.307 e. The Labute approximate surface area is 126 Å². The number of rotatable bonds is 9. The van der Waals surface area contributed by atoms with Gasteiger partial charge >= 0.3 is 5.97 Å². The molecule has 0 aliphatic carbocycles. The van der Waals surface area contributed by atoms with Crippen molar-refractivity contribution in [3.05, 3.63) is 0 Å². The number of esters is 1. The summed E-state index contributed by atoms with van der Waals surface area (Å²) in [5.74, 6) is -0.436. The van der Waals surface area contributed by atoms with Crippen LogP contribution < -0.4 is 5.73 Å². The summed E-state index contributed by atoms with van der Waals surface area (Å²) in [6.07, 6.45) is 3.10. The van der Waals surface area contributed by atoms with Crippen LogP contribution in [0.4, 0.5) is 0 Å². The Bertz CT molecular complexity index is 352. The molecule has 0 aromatic carbocycles. The Hall–Kier alpha value is -1.17. The van der Waals surface area contributed by atoms with Crippen molar-refractivity contribution in [2.24, 2.45) is 11.1 Å². The quantitative estimate of drug-likeness (QED) is 0.520. The zero-order valence-corrected chi connectivity index (χ0v) is 13.7. The van der Waals surface area contributed by atoms with E-state index in [1.54, 1.807) is 7.05 Å². The van der Waals surface area contributed by atoms with Crippen molar-refractivity contribution >= 4 is 29.1 Å². The van der Waals surface area contributed by atoms with Gasteiger partial charge < -0.3 is 15.4 Å². The van der Waals surface area contributed by atoms with Crippen molar-refractivity contribution in [3.8, 4) is 0 Å². The van der Waals surface area contributed by atoms with Crippen LogP contribution in [0.2, 0.25) is 0 Å². The molecule has 0 rings (SSSR count). The van der Waals surface area contributed by atoms with E-state index in [1.165, 1.54) is 12.0 Å². The van der Waals surface area contributed by atoms with Crippen LogP contribution in [-0.2, 0) is 14.3 Å². The van der Waals surface area contributed by atoms with Crippen LogP contribution in [0.5, 0.6) is 0 Å². The Morgan fingerprint density at radius 2 is 1.75 bits per heavy atom. The van der Waals surface area contributed by atoms with Crippen LogP contribution in [0, 0.1) is 5.41 Å². The Balaban J connectivity index is 5.01. The number of carbonyl (C=O) groups excluding carboxylic acids is 2. The summed E-state index contributed by atoms with van der Waals surface area (Å²) < 4.78 is 4.58. The van der Waals surface area contributed by atoms with Gasteiger partial charge in [-0.3, -0.25) is 9.59 Å². The summed E-state index contributed by atoms with van der Waals surface area (Å²) in [6, 6.07) is 0. The van der Waals surface area contributed by atoms with Crippen molar-refractivity contribution < 1.29 is 14.3 Å². The van der Waals surface area contributed by atoms with E-state index >= 15 is 0 Å². The summed E-state index contributed by atoms with van der Waals surface area (Å²) in [5.41, 5.74) is 5.07. The van der Waals surface area contributed by atoms with Crippen LogP contribution in [0.1, 0.15) is 46.0 Å². The number of hydrogen-bond donors (Lipinski definition) is 1. The first-order valence-electron chi connectivity index (χ1n) is 6.98. The fourth-order valence-corrected chi connectivity index (χ4v) is 2.66. The molecular weight excluding hydrogens is 276 g/mol. The van der Waals surface area contributed by atoms with Gasteiger partial charge in [0.15, 0.2) is 0 Å². The van der Waals surface area contributed by atoms with Crippen LogP contribution in [0.15, 0.2) is 0 Å². The molecule has 0 saturated heterocycles. The normalized spacial score (nSPS) is 11.0. The molecular formula is C14H26N2O3S. The van der Waals surface area contributed by atoms with Crippen LogP contribution in [-0.4, -0.2) is 42.5 Å². The van der Waals surface area contributed by atoms with Gasteiger partial charge in [-0.1, -0.05) is 38.9 Å². The molecule has 0 spiro atoms. The fourth-order valence-electron chi connectivity index (χ4n) is 2.37. The van der Waals surface area contributed by atoms with Gasteiger partial charge in [-0.05, 0) is 12.8 Å². The van der Waals surface area contributed by atoms with Gasteiger partial charge in [0.25, 0.3) is 0 Å². The number of carbonyl (C=O) groups is 2. The predicted octanol–water partition coefficient (Wildman–Crippen LogP) is 1.88. The average Bonchev–Trinajstić information content (AvgIpc) is 2.42. The molecule has 0 atom stereocenters. The largest absolute Gasteiger partial charge is 0.469 e. The SMILES string of the molecule is CCCC(CCC)(C(=O)N(C)CCC(=O)OC)C(N)=S. The Morgan fingerprint density at radius 3 is 2.10 bits per heavy atom. The van der Waals surface area contributed by atoms with Crippen molar-refractivity contribution in [1.82, 2.24) is 4.90 Å². The standard InChI is InChI=1S/C14H26N2O3S/c1-5-8-14(9-6-2,12(15)20)13(18)16(3)10-7-11(17)19-4/h5-10H2,1-4H3,(H2,15,20). The Kier molecular flexibility index (Phi) is 8.37. The highest BCUT2D eigenvalue weighted by Crippen LogP contribution is 2.32. The van der Waals surface area contributed by atoms with E-state index in [9.17, 15) is 9.59 Å². The second-order valence-electron chi connectivity index (χ2n) is 5.00. The molecule has 5 nitrogen and oxygen atoms in total. The van der Waals surface area contributed by atoms with E-state index in [0.29, 0.717) is 19.4 Å². The molecule has 20 heavy (non-hydrogen) atoms. The van der Waals surface area contributed by atoms with E-state index in [4.69, 9.17) is 18.0 Å². The van der Waals surface area contributed by atoms with E-state index < -0.39 is 5.41 Å². The molecule has 1 amide bonds. The highest BCUT2D eigenvalue weighted by molar-refractivity contribution is 7.80. The lowest BCUT2D eigenvalue weighted by atomic mass is 9.77. The number of amides is 1. The summed E-state index contributed by atoms with van der Waals surface area (Å²) >= 11 is 5.15. The van der Waals surface area contributed by atoms with E-state index in [0.717, 1.165) is 12.8 Å². The molecule has 6 heteroatoms. The lowest BCUT2D eigenvalue weighted by molar-refractivity contribution is -0.142. The monoisotopic (exact) mass is 302 g/mol. The van der Waals surface area contributed by atoms with Crippen molar-refractivity contribution in [2.45, 2.75) is 46.0 Å². The molecule has 0 saturated carbocycles. The molecule has 2 N–H and O–H groups in total. The zero-order valence-electron chi connectivity index (χ0n) is 12.9. The van der Waals surface area contributed by atoms with Crippen LogP contribution in [0.25, 0.3) is 0 Å². The average molecular weight is 302 g/mol. The van der Waals surface area contributed by atoms with Crippen molar-refractivity contribution in [3.63, 3.8) is 0 Å². The minimum absolute atomic E-state index is 0.0994. The van der Waals surface area contributed by atoms with Gasteiger partial charge in [0, 0.05) is 13.6 Å². The summed E-state index contributed by atoms with van der Waals surface area (Å²) in [6.45, 7) is 4.32. The molecule has 0 aromatic heterocycles. The molecule has 0 unspecified atom stereocenters. The molecule has 0 aliphatic rings. The predicted molar refractivity (Wildman–Crippen MR) is 83.3 cm³/mol. The maximum Gasteiger partial charge on any atom is 0.307 e. The van der Waals surface area contributed by atoms with E-state index in [2.05, 4.69) is 4.74 Å². The van der Waals surface area contributed by atoms with E-state index in [1.807, 2.05) is 13.8 Å². The highest BCUT2D eigenvalue weighted by Gasteiger charge is 2.41. The summed E-state index contributed by atoms with van der Waals surface area (Å²) in [4.78, 5) is 25.6. The third-order valence-electron chi connectivity index (χ3n) is 3.46. The maximum absolute atomic E-state index is 12.7. The minimum atomic E-state index is -0.788. The van der Waals surface area contributed by atoms with Crippen molar-refractivity contribution in [2.75, 3.05) is 20.7 Å². The molecule has 0 bridgehead atoms. The van der Waals surface area contributed by atoms with E-state index in [-0.39, 0.29) is 23.3 Å². The maximum atomic E-state index is 12.7. The number of hydrogen-bond acceptors (Lipinski definition) is 4. The lowest BCUT2D eigenvalue weighted by Crippen LogP contribution is -2.50. The minimum Gasteiger partial charge on any atom is -0.469 e. The molecule has 0 heterocycles. The van der Waals surface area contributed by atoms with Gasteiger partial charge in [0.05, 0.1) is 23.9 Å². The third-order valence-corrected chi connectivity index (χ3v) is 3.85. The van der Waals surface area contributed by atoms with Gasteiger partial charge in [-0.15, -0.1) is 0 Å². The number of nitrogens with zero attached hydrogens (tertiary/aromatic N) is 1. The Morgan fingerprint density at radius 1 is 1.25 bits per heavy atom. The molecule has 0 fully saturated rings. The molecule has 0 aliphatic heterocycles. The first-order chi connectivity index (χ1) is 9.35. The second-order valence-corrected chi connectivity index (χ2v) is 5.44. The molecule has 116 valence electrons. The number of ether oxygens (including phenoxy) is 1. The molecule has 0 radical (unpaired) electrons. The third kappa shape index (κ3) is 4.74. The second kappa shape index (κ2) is 8.89. The number of thiocarbonyl (C=S) groups is 1. The summed E-state index contributed by atoms with van der Waals surface area (Å²) in [5, 5.41) is 0. The van der Waals surface area contributed by atoms with Gasteiger partial charge in [-0.2, -0.15) is 0 Å². The lowest BCUT2D eigenvalue weighted by Gasteiger charge is -2.34. The first kappa shape index (κ1) is 18.8. The zero-order chi connectivity index (χ0) is 15.8.